The van der Waals surface area contributed by atoms with Gasteiger partial charge in [0.25, 0.3) is 0 Å². The number of ether oxygens (including phenoxy) is 2. The Morgan fingerprint density at radius 1 is 0.733 bits per heavy atom. The molecule has 0 aliphatic heterocycles. The van der Waals surface area contributed by atoms with Crippen LogP contribution in [0.3, 0.4) is 0 Å². The lowest BCUT2D eigenvalue weighted by molar-refractivity contribution is -0.138. The summed E-state index contributed by atoms with van der Waals surface area (Å²) in [5.74, 6) is -1.11. The van der Waals surface area contributed by atoms with Gasteiger partial charge in [-0.05, 0) is 48.5 Å². The Bertz CT molecular complexity index is 844. The van der Waals surface area contributed by atoms with Crippen LogP contribution in [0.5, 0.6) is 0 Å². The highest BCUT2D eigenvalue weighted by molar-refractivity contribution is 6.09. The highest BCUT2D eigenvalue weighted by Gasteiger charge is 2.11. The zero-order valence-corrected chi connectivity index (χ0v) is 17.0. The summed E-state index contributed by atoms with van der Waals surface area (Å²) in [4.78, 5) is 38.5. The van der Waals surface area contributed by atoms with Gasteiger partial charge < -0.3 is 19.3 Å². The zero-order valence-electron chi connectivity index (χ0n) is 17.0. The second-order valence-corrected chi connectivity index (χ2v) is 6.41. The number of hydrogen-bond donors (Lipinski definition) is 0. The van der Waals surface area contributed by atoms with Gasteiger partial charge in [0, 0.05) is 48.7 Å². The average Bonchev–Trinajstić information content (AvgIpc) is 2.80. The van der Waals surface area contributed by atoms with E-state index < -0.39 is 11.9 Å². The summed E-state index contributed by atoms with van der Waals surface area (Å²) < 4.78 is 9.97. The highest BCUT2D eigenvalue weighted by Crippen LogP contribution is 2.19. The van der Waals surface area contributed by atoms with Crippen LogP contribution in [0.2, 0.25) is 0 Å². The van der Waals surface area contributed by atoms with E-state index in [0.29, 0.717) is 11.1 Å². The highest BCUT2D eigenvalue weighted by atomic mass is 16.5. The minimum atomic E-state index is -0.499. The molecule has 0 amide bonds. The fraction of sp³-hybridized carbons (Fsp3) is 0.174. The molecule has 0 atom stereocenters. The van der Waals surface area contributed by atoms with E-state index in [-0.39, 0.29) is 19.2 Å². The maximum Gasteiger partial charge on any atom is 0.331 e. The first-order valence-electron chi connectivity index (χ1n) is 9.11. The molecular formula is C23H24N2O5. The van der Waals surface area contributed by atoms with Crippen molar-refractivity contribution in [3.05, 3.63) is 85.0 Å². The van der Waals surface area contributed by atoms with Crippen molar-refractivity contribution in [2.75, 3.05) is 37.4 Å². The Labute approximate surface area is 175 Å². The monoisotopic (exact) mass is 408 g/mol. The van der Waals surface area contributed by atoms with Crippen LogP contribution < -0.4 is 9.80 Å². The van der Waals surface area contributed by atoms with Crippen LogP contribution in [-0.2, 0) is 19.1 Å². The molecular weight excluding hydrogens is 384 g/mol. The second kappa shape index (κ2) is 10.6. The summed E-state index contributed by atoms with van der Waals surface area (Å²) in [5, 5.41) is 0. The third-order valence-electron chi connectivity index (χ3n) is 4.27. The summed E-state index contributed by atoms with van der Waals surface area (Å²) in [6.07, 6.45) is 2.21. The quantitative estimate of drug-likeness (QED) is 0.259. The van der Waals surface area contributed by atoms with Gasteiger partial charge in [-0.15, -0.1) is 0 Å². The second-order valence-electron chi connectivity index (χ2n) is 6.41. The van der Waals surface area contributed by atoms with E-state index in [1.54, 1.807) is 72.4 Å². The molecule has 2 aromatic carbocycles. The van der Waals surface area contributed by atoms with E-state index in [4.69, 9.17) is 9.47 Å². The summed E-state index contributed by atoms with van der Waals surface area (Å²) in [5.41, 5.74) is 2.68. The van der Waals surface area contributed by atoms with Crippen molar-refractivity contribution in [2.45, 2.75) is 0 Å². The maximum absolute atomic E-state index is 12.7. The third kappa shape index (κ3) is 6.07. The molecule has 0 spiro atoms. The van der Waals surface area contributed by atoms with Gasteiger partial charge in [0.1, 0.15) is 0 Å². The molecule has 0 saturated carbocycles. The van der Waals surface area contributed by atoms with E-state index in [0.717, 1.165) is 23.5 Å². The van der Waals surface area contributed by atoms with Gasteiger partial charge in [0.15, 0.2) is 19.2 Å². The topological polar surface area (TPSA) is 76.2 Å². The molecule has 0 N–H and O–H groups in total. The maximum atomic E-state index is 12.7. The summed E-state index contributed by atoms with van der Waals surface area (Å²) >= 11 is 0. The van der Waals surface area contributed by atoms with Gasteiger partial charge in [-0.25, -0.2) is 9.59 Å². The molecule has 0 saturated heterocycles. The van der Waals surface area contributed by atoms with Crippen LogP contribution in [-0.4, -0.2) is 45.3 Å². The molecule has 7 nitrogen and oxygen atoms in total. The van der Waals surface area contributed by atoms with Crippen molar-refractivity contribution >= 4 is 29.1 Å². The van der Waals surface area contributed by atoms with Gasteiger partial charge >= 0.3 is 11.9 Å². The summed E-state index contributed by atoms with van der Waals surface area (Å²) in [6, 6.07) is 14.0. The first-order valence-corrected chi connectivity index (χ1v) is 9.11. The Balaban J connectivity index is 2.00. The van der Waals surface area contributed by atoms with Crippen LogP contribution in [0.25, 0.3) is 0 Å². The number of rotatable bonds is 10. The minimum Gasteiger partial charge on any atom is -0.441 e. The molecule has 0 radical (unpaired) electrons. The van der Waals surface area contributed by atoms with Crippen molar-refractivity contribution < 1.29 is 23.9 Å². The van der Waals surface area contributed by atoms with Crippen LogP contribution in [0.1, 0.15) is 15.9 Å². The number of benzene rings is 2. The number of esters is 2. The average molecular weight is 408 g/mol. The third-order valence-corrected chi connectivity index (χ3v) is 4.27. The number of nitrogens with zero attached hydrogens (tertiary/aromatic N) is 2. The SMILES string of the molecule is C=CC(=O)OCN(C)c1ccc(C(=O)c2ccc(N(C)COC(=O)C=C)cc2)cc1. The normalized spacial score (nSPS) is 9.93. The Kier molecular flexibility index (Phi) is 7.93. The van der Waals surface area contributed by atoms with E-state index in [1.165, 1.54) is 0 Å². The van der Waals surface area contributed by atoms with Crippen molar-refractivity contribution in [1.29, 1.82) is 0 Å². The molecule has 0 unspecified atom stereocenters. The number of anilines is 2. The van der Waals surface area contributed by atoms with E-state index >= 15 is 0 Å². The van der Waals surface area contributed by atoms with Gasteiger partial charge in [0.05, 0.1) is 0 Å². The number of ketones is 1. The molecule has 30 heavy (non-hydrogen) atoms. The van der Waals surface area contributed by atoms with Crippen LogP contribution in [0, 0.1) is 0 Å². The van der Waals surface area contributed by atoms with Gasteiger partial charge in [-0.2, -0.15) is 0 Å². The molecule has 2 aromatic rings. The van der Waals surface area contributed by atoms with Crippen LogP contribution in [0.4, 0.5) is 11.4 Å². The largest absolute Gasteiger partial charge is 0.441 e. The van der Waals surface area contributed by atoms with Crippen LogP contribution >= 0.6 is 0 Å². The molecule has 2 rings (SSSR count). The van der Waals surface area contributed by atoms with Gasteiger partial charge in [0.2, 0.25) is 0 Å². The number of carbonyl (C=O) groups excluding carboxylic acids is 3. The standard InChI is InChI=1S/C23H24N2O5/c1-5-21(26)29-15-24(3)19-11-7-17(8-12-19)23(28)18-9-13-20(14-10-18)25(4)16-30-22(27)6-2/h5-14H,1-2,15-16H2,3-4H3. The molecule has 0 aliphatic carbocycles. The predicted octanol–water partition coefficient (Wildman–Crippen LogP) is 3.16. The molecule has 0 heterocycles. The van der Waals surface area contributed by atoms with Crippen molar-refractivity contribution in [3.8, 4) is 0 Å². The predicted molar refractivity (Wildman–Crippen MR) is 115 cm³/mol. The first kappa shape index (κ1) is 22.4. The molecule has 0 aliphatic rings. The number of hydrogen-bond acceptors (Lipinski definition) is 7. The number of carbonyl (C=O) groups is 3. The van der Waals surface area contributed by atoms with Gasteiger partial charge in [-0.1, -0.05) is 13.2 Å². The fourth-order valence-electron chi connectivity index (χ4n) is 2.49. The summed E-state index contributed by atoms with van der Waals surface area (Å²) in [6.45, 7) is 6.86. The molecule has 156 valence electrons. The molecule has 0 bridgehead atoms. The van der Waals surface area contributed by atoms with E-state index in [2.05, 4.69) is 13.2 Å². The molecule has 7 heteroatoms. The van der Waals surface area contributed by atoms with Crippen molar-refractivity contribution in [1.82, 2.24) is 0 Å². The Morgan fingerprint density at radius 3 is 1.37 bits per heavy atom. The fourth-order valence-corrected chi connectivity index (χ4v) is 2.49. The van der Waals surface area contributed by atoms with E-state index in [9.17, 15) is 14.4 Å². The zero-order chi connectivity index (χ0) is 22.1. The van der Waals surface area contributed by atoms with Crippen molar-refractivity contribution in [3.63, 3.8) is 0 Å². The van der Waals surface area contributed by atoms with Gasteiger partial charge in [-0.3, -0.25) is 4.79 Å². The lowest BCUT2D eigenvalue weighted by atomic mass is 10.0. The molecule has 0 aromatic heterocycles. The van der Waals surface area contributed by atoms with Crippen LogP contribution in [0.15, 0.2) is 73.8 Å². The lowest BCUT2D eigenvalue weighted by Gasteiger charge is -2.19. The Hall–Kier alpha value is -3.87. The summed E-state index contributed by atoms with van der Waals surface area (Å²) in [7, 11) is 3.55. The smallest absolute Gasteiger partial charge is 0.331 e. The molecule has 0 fully saturated rings. The van der Waals surface area contributed by atoms with Crippen molar-refractivity contribution in [2.24, 2.45) is 0 Å². The van der Waals surface area contributed by atoms with E-state index in [1.807, 2.05) is 0 Å². The Morgan fingerprint density at radius 2 is 1.07 bits per heavy atom. The lowest BCUT2D eigenvalue weighted by Crippen LogP contribution is -2.22. The first-order chi connectivity index (χ1) is 14.3. The minimum absolute atomic E-state index is 0.0786.